The Kier molecular flexibility index (Phi) is 5.27. The van der Waals surface area contributed by atoms with E-state index in [1.54, 1.807) is 36.7 Å². The number of anilines is 3. The summed E-state index contributed by atoms with van der Waals surface area (Å²) >= 11 is 1.51. The van der Waals surface area contributed by atoms with Crippen LogP contribution in [0.4, 0.5) is 17.2 Å². The summed E-state index contributed by atoms with van der Waals surface area (Å²) in [5.74, 6) is 6.51. The second-order valence-corrected chi connectivity index (χ2v) is 7.60. The highest BCUT2D eigenvalue weighted by atomic mass is 32.1. The number of aromatic nitrogens is 5. The van der Waals surface area contributed by atoms with Crippen molar-refractivity contribution in [2.45, 2.75) is 26.3 Å². The number of nitrogens with one attached hydrogen (secondary N) is 1. The minimum atomic E-state index is -0.404. The van der Waals surface area contributed by atoms with Gasteiger partial charge in [-0.15, -0.1) is 11.3 Å². The van der Waals surface area contributed by atoms with Gasteiger partial charge in [-0.2, -0.15) is 10.2 Å². The van der Waals surface area contributed by atoms with Crippen LogP contribution in [0.1, 0.15) is 31.1 Å². The maximum Gasteiger partial charge on any atom is 0.250 e. The lowest BCUT2D eigenvalue weighted by Gasteiger charge is -2.39. The van der Waals surface area contributed by atoms with Gasteiger partial charge in [0.1, 0.15) is 16.7 Å². The molecule has 4 heterocycles. The molecule has 1 aliphatic heterocycles. The van der Waals surface area contributed by atoms with Crippen LogP contribution in [-0.2, 0) is 4.79 Å². The van der Waals surface area contributed by atoms with Gasteiger partial charge in [-0.25, -0.2) is 15.0 Å². The van der Waals surface area contributed by atoms with Gasteiger partial charge in [-0.3, -0.25) is 9.89 Å². The Morgan fingerprint density at radius 1 is 1.40 bits per heavy atom. The smallest absolute Gasteiger partial charge is 0.250 e. The molecule has 3 aromatic heterocycles. The molecule has 10 nitrogen and oxygen atoms in total. The second-order valence-electron chi connectivity index (χ2n) is 6.70. The number of hydrazone groups is 1. The normalized spacial score (nSPS) is 17.4. The summed E-state index contributed by atoms with van der Waals surface area (Å²) < 4.78 is 0. The number of H-pyrrole nitrogens is 1. The van der Waals surface area contributed by atoms with Crippen LogP contribution in [0.2, 0.25) is 0 Å². The number of carbonyl (C=O) groups is 1. The van der Waals surface area contributed by atoms with Gasteiger partial charge >= 0.3 is 0 Å². The summed E-state index contributed by atoms with van der Waals surface area (Å²) in [5, 5.41) is 13.3. The van der Waals surface area contributed by atoms with Crippen molar-refractivity contribution >= 4 is 51.8 Å². The zero-order valence-electron chi connectivity index (χ0n) is 16.8. The van der Waals surface area contributed by atoms with E-state index in [9.17, 15) is 4.79 Å². The summed E-state index contributed by atoms with van der Waals surface area (Å²) in [6.45, 7) is 3.90. The van der Waals surface area contributed by atoms with Gasteiger partial charge in [0.25, 0.3) is 0 Å². The van der Waals surface area contributed by atoms with Gasteiger partial charge in [-0.05, 0) is 18.9 Å². The van der Waals surface area contributed by atoms with Crippen molar-refractivity contribution in [1.29, 1.82) is 0 Å². The number of likely N-dealkylation sites (N-methyl/N-ethyl adjacent to an activating group) is 1. The highest BCUT2D eigenvalue weighted by Crippen LogP contribution is 2.39. The van der Waals surface area contributed by atoms with E-state index in [-0.39, 0.29) is 5.91 Å². The van der Waals surface area contributed by atoms with Crippen molar-refractivity contribution in [3.8, 4) is 0 Å². The lowest BCUT2D eigenvalue weighted by molar-refractivity contribution is -0.119. The predicted octanol–water partition coefficient (Wildman–Crippen LogP) is 2.42. The molecule has 0 aromatic carbocycles. The fourth-order valence-corrected chi connectivity index (χ4v) is 4.13. The van der Waals surface area contributed by atoms with Crippen molar-refractivity contribution < 1.29 is 4.79 Å². The summed E-state index contributed by atoms with van der Waals surface area (Å²) in [7, 11) is 1.73. The number of carbonyl (C=O) groups excluding carboxylic acids is 1. The number of nitrogens with zero attached hydrogens (tertiary/aromatic N) is 7. The SMILES string of the molecule is CCC1C(=O)N(C)c2cnc(C(/C=N\N)=C(/C)c3nccs3)nc2N1c1cn[nH]c1. The predicted molar refractivity (Wildman–Crippen MR) is 118 cm³/mol. The van der Waals surface area contributed by atoms with E-state index in [1.165, 1.54) is 17.6 Å². The highest BCUT2D eigenvalue weighted by molar-refractivity contribution is 7.10. The van der Waals surface area contributed by atoms with Crippen LogP contribution >= 0.6 is 11.3 Å². The molecular weight excluding hydrogens is 402 g/mol. The number of fused-ring (bicyclic) bond motifs is 1. The van der Waals surface area contributed by atoms with Gasteiger partial charge in [-0.1, -0.05) is 6.92 Å². The lowest BCUT2D eigenvalue weighted by atomic mass is 10.1. The Morgan fingerprint density at radius 2 is 2.23 bits per heavy atom. The molecule has 1 unspecified atom stereocenters. The standard InChI is InChI=1S/C19H21N9OS/c1-4-14-19(29)27(3)15-10-22-16(26-17(15)28(14)12-7-24-25-8-12)13(9-23-20)11(2)18-21-5-6-30-18/h5-10,14H,4,20H2,1-3H3,(H,24,25)/b13-11-,23-9-. The average molecular weight is 424 g/mol. The molecule has 0 saturated heterocycles. The van der Waals surface area contributed by atoms with Crippen LogP contribution in [0.5, 0.6) is 0 Å². The number of aromatic amines is 1. The Labute approximate surface area is 177 Å². The van der Waals surface area contributed by atoms with E-state index in [0.717, 1.165) is 16.3 Å². The van der Waals surface area contributed by atoms with Crippen LogP contribution in [-0.4, -0.2) is 50.4 Å². The first-order valence-electron chi connectivity index (χ1n) is 9.33. The Balaban J connectivity index is 1.92. The molecule has 3 aromatic rings. The molecule has 0 radical (unpaired) electrons. The van der Waals surface area contributed by atoms with Gasteiger partial charge < -0.3 is 15.6 Å². The first kappa shape index (κ1) is 19.7. The molecule has 0 fully saturated rings. The zero-order valence-corrected chi connectivity index (χ0v) is 17.6. The topological polar surface area (TPSA) is 129 Å². The molecule has 4 rings (SSSR count). The third kappa shape index (κ3) is 3.22. The molecule has 0 bridgehead atoms. The van der Waals surface area contributed by atoms with Gasteiger partial charge in [0.2, 0.25) is 5.91 Å². The second kappa shape index (κ2) is 8.03. The van der Waals surface area contributed by atoms with E-state index < -0.39 is 6.04 Å². The third-order valence-electron chi connectivity index (χ3n) is 5.02. The number of nitrogens with two attached hydrogens (primary N) is 1. The Bertz CT molecular complexity index is 1110. The summed E-state index contributed by atoms with van der Waals surface area (Å²) in [5.41, 5.74) is 2.89. The highest BCUT2D eigenvalue weighted by Gasteiger charge is 2.38. The number of hydrogen-bond acceptors (Lipinski definition) is 9. The van der Waals surface area contributed by atoms with Crippen LogP contribution in [0.25, 0.3) is 11.1 Å². The van der Waals surface area contributed by atoms with Crippen molar-refractivity contribution in [2.75, 3.05) is 16.8 Å². The van der Waals surface area contributed by atoms with E-state index in [1.807, 2.05) is 24.1 Å². The number of rotatable bonds is 5. The van der Waals surface area contributed by atoms with E-state index >= 15 is 0 Å². The molecular formula is C19H21N9OS. The van der Waals surface area contributed by atoms with Crippen molar-refractivity contribution in [3.63, 3.8) is 0 Å². The maximum absolute atomic E-state index is 13.0. The van der Waals surface area contributed by atoms with E-state index in [0.29, 0.717) is 29.3 Å². The molecule has 11 heteroatoms. The lowest BCUT2D eigenvalue weighted by Crippen LogP contribution is -2.50. The molecule has 1 atom stereocenters. The molecule has 0 saturated carbocycles. The number of allylic oxidation sites excluding steroid dienone is 2. The van der Waals surface area contributed by atoms with Crippen LogP contribution < -0.4 is 15.6 Å². The molecule has 1 aliphatic rings. The summed E-state index contributed by atoms with van der Waals surface area (Å²) in [6, 6.07) is -0.404. The molecule has 154 valence electrons. The first-order chi connectivity index (χ1) is 14.6. The zero-order chi connectivity index (χ0) is 21.3. The van der Waals surface area contributed by atoms with Gasteiger partial charge in [0.15, 0.2) is 11.6 Å². The average Bonchev–Trinajstić information content (AvgIpc) is 3.48. The van der Waals surface area contributed by atoms with E-state index in [2.05, 4.69) is 25.3 Å². The number of hydrogen-bond donors (Lipinski definition) is 2. The van der Waals surface area contributed by atoms with Crippen LogP contribution in [0, 0.1) is 0 Å². The monoisotopic (exact) mass is 423 g/mol. The summed E-state index contributed by atoms with van der Waals surface area (Å²) in [4.78, 5) is 30.1. The molecule has 30 heavy (non-hydrogen) atoms. The fourth-order valence-electron chi connectivity index (χ4n) is 3.47. The maximum atomic E-state index is 13.0. The van der Waals surface area contributed by atoms with Gasteiger partial charge in [0.05, 0.1) is 24.3 Å². The molecule has 3 N–H and O–H groups in total. The van der Waals surface area contributed by atoms with Crippen molar-refractivity contribution in [1.82, 2.24) is 25.1 Å². The van der Waals surface area contributed by atoms with Crippen molar-refractivity contribution in [2.24, 2.45) is 10.9 Å². The minimum absolute atomic E-state index is 0.0270. The van der Waals surface area contributed by atoms with Crippen molar-refractivity contribution in [3.05, 3.63) is 41.0 Å². The first-order valence-corrected chi connectivity index (χ1v) is 10.2. The van der Waals surface area contributed by atoms with Crippen LogP contribution in [0.15, 0.2) is 35.3 Å². The quantitative estimate of drug-likeness (QED) is 0.366. The number of thiazole rings is 1. The third-order valence-corrected chi connectivity index (χ3v) is 5.91. The molecule has 0 aliphatic carbocycles. The molecule has 1 amide bonds. The fraction of sp³-hybridized carbons (Fsp3) is 0.263. The number of amides is 1. The summed E-state index contributed by atoms with van der Waals surface area (Å²) in [6.07, 6.45) is 8.93. The minimum Gasteiger partial charge on any atom is -0.323 e. The van der Waals surface area contributed by atoms with Gasteiger partial charge in [0, 0.05) is 30.4 Å². The molecule has 0 spiro atoms. The van der Waals surface area contributed by atoms with E-state index in [4.69, 9.17) is 10.8 Å². The Morgan fingerprint density at radius 3 is 2.87 bits per heavy atom. The van der Waals surface area contributed by atoms with Crippen LogP contribution in [0.3, 0.4) is 0 Å². The largest absolute Gasteiger partial charge is 0.323 e. The Hall–Kier alpha value is -3.60.